The van der Waals surface area contributed by atoms with Crippen LogP contribution in [0.15, 0.2) is 58.8 Å². The molecule has 30 heavy (non-hydrogen) atoms. The summed E-state index contributed by atoms with van der Waals surface area (Å²) in [4.78, 5) is 44.4. The predicted octanol–water partition coefficient (Wildman–Crippen LogP) is 5.87. The van der Waals surface area contributed by atoms with Gasteiger partial charge in [0.15, 0.2) is 17.3 Å². The average molecular weight is 402 g/mol. The van der Waals surface area contributed by atoms with Crippen LogP contribution in [0.5, 0.6) is 0 Å². The summed E-state index contributed by atoms with van der Waals surface area (Å²) in [6, 6.07) is 12.1. The van der Waals surface area contributed by atoms with Crippen LogP contribution < -0.4 is 0 Å². The number of carbonyl (C=O) groups excluding carboxylic acids is 3. The summed E-state index contributed by atoms with van der Waals surface area (Å²) < 4.78 is 0. The number of nitrogens with zero attached hydrogens (tertiary/aromatic N) is 6. The molecule has 150 valence electrons. The molecule has 0 radical (unpaired) electrons. The van der Waals surface area contributed by atoms with E-state index in [4.69, 9.17) is 11.1 Å². The fraction of sp³-hybridized carbons (Fsp3) is 0.286. The largest absolute Gasteiger partial charge is 0.298 e. The van der Waals surface area contributed by atoms with Gasteiger partial charge >= 0.3 is 0 Å². The van der Waals surface area contributed by atoms with Crippen molar-refractivity contribution in [2.24, 2.45) is 28.0 Å². The molecule has 2 aromatic rings. The molecule has 9 heteroatoms. The Morgan fingerprint density at radius 3 is 1.50 bits per heavy atom. The van der Waals surface area contributed by atoms with Crippen LogP contribution in [0.25, 0.3) is 20.9 Å². The summed E-state index contributed by atoms with van der Waals surface area (Å²) >= 11 is 0. The van der Waals surface area contributed by atoms with Crippen molar-refractivity contribution in [3.05, 3.63) is 80.5 Å². The zero-order valence-electron chi connectivity index (χ0n) is 16.2. The van der Waals surface area contributed by atoms with E-state index in [-0.39, 0.29) is 23.3 Å². The molecule has 0 heterocycles. The molecule has 1 fully saturated rings. The molecule has 1 aliphatic carbocycles. The van der Waals surface area contributed by atoms with E-state index in [0.717, 1.165) is 0 Å². The van der Waals surface area contributed by atoms with E-state index in [9.17, 15) is 14.4 Å². The maximum atomic E-state index is 13.1. The number of azide groups is 2. The maximum Gasteiger partial charge on any atom is 0.173 e. The number of ketones is 3. The molecule has 1 aliphatic rings. The lowest BCUT2D eigenvalue weighted by molar-refractivity contribution is -0.126. The summed E-state index contributed by atoms with van der Waals surface area (Å²) in [5.41, 5.74) is 18.4. The highest BCUT2D eigenvalue weighted by molar-refractivity contribution is 6.19. The highest BCUT2D eigenvalue weighted by Crippen LogP contribution is 2.34. The van der Waals surface area contributed by atoms with Gasteiger partial charge in [0.25, 0.3) is 0 Å². The van der Waals surface area contributed by atoms with E-state index >= 15 is 0 Å². The topological polar surface area (TPSA) is 149 Å². The molecule has 0 N–H and O–H groups in total. The molecule has 0 bridgehead atoms. The van der Waals surface area contributed by atoms with Crippen molar-refractivity contribution in [2.45, 2.75) is 19.8 Å². The van der Waals surface area contributed by atoms with Crippen LogP contribution in [-0.4, -0.2) is 17.3 Å². The van der Waals surface area contributed by atoms with Crippen LogP contribution in [0.3, 0.4) is 0 Å². The average Bonchev–Trinajstić information content (AvgIpc) is 2.76. The summed E-state index contributed by atoms with van der Waals surface area (Å²) in [5.74, 6) is -2.81. The number of carbonyl (C=O) groups is 3. The van der Waals surface area contributed by atoms with Gasteiger partial charge in [-0.25, -0.2) is 0 Å². The minimum Gasteiger partial charge on any atom is -0.298 e. The Morgan fingerprint density at radius 1 is 0.800 bits per heavy atom. The van der Waals surface area contributed by atoms with Crippen molar-refractivity contribution < 1.29 is 14.4 Å². The third-order valence-electron chi connectivity index (χ3n) is 5.22. The smallest absolute Gasteiger partial charge is 0.173 e. The lowest BCUT2D eigenvalue weighted by atomic mass is 9.70. The van der Waals surface area contributed by atoms with Gasteiger partial charge in [0.05, 0.1) is 11.8 Å². The lowest BCUT2D eigenvalue weighted by Crippen LogP contribution is -2.40. The summed E-state index contributed by atoms with van der Waals surface area (Å²) in [5, 5.41) is 6.93. The number of hydrogen-bond donors (Lipinski definition) is 0. The highest BCUT2D eigenvalue weighted by atomic mass is 16.2. The Kier molecular flexibility index (Phi) is 6.27. The monoisotopic (exact) mass is 402 g/mol. The van der Waals surface area contributed by atoms with Crippen molar-refractivity contribution in [2.75, 3.05) is 0 Å². The van der Waals surface area contributed by atoms with Crippen molar-refractivity contribution in [3.63, 3.8) is 0 Å². The second kappa shape index (κ2) is 9.05. The first kappa shape index (κ1) is 20.8. The van der Waals surface area contributed by atoms with Crippen LogP contribution in [0, 0.1) is 17.8 Å². The zero-order chi connectivity index (χ0) is 21.7. The van der Waals surface area contributed by atoms with Crippen LogP contribution in [0.2, 0.25) is 0 Å². The summed E-state index contributed by atoms with van der Waals surface area (Å²) in [7, 11) is 0. The van der Waals surface area contributed by atoms with Gasteiger partial charge in [0.1, 0.15) is 0 Å². The normalized spacial score (nSPS) is 20.6. The van der Waals surface area contributed by atoms with Gasteiger partial charge in [-0.1, -0.05) is 65.7 Å². The van der Waals surface area contributed by atoms with E-state index in [0.29, 0.717) is 35.3 Å². The lowest BCUT2D eigenvalue weighted by Gasteiger charge is -2.30. The summed E-state index contributed by atoms with van der Waals surface area (Å²) in [6.45, 7) is 1.92. The van der Waals surface area contributed by atoms with Crippen LogP contribution in [-0.2, 0) is 4.79 Å². The Balaban J connectivity index is 1.83. The molecule has 0 amide bonds. The molecule has 0 spiro atoms. The van der Waals surface area contributed by atoms with Crippen LogP contribution in [0.1, 0.15) is 40.5 Å². The predicted molar refractivity (Wildman–Crippen MR) is 110 cm³/mol. The molecule has 2 atom stereocenters. The van der Waals surface area contributed by atoms with Gasteiger partial charge in [-0.15, -0.1) is 0 Å². The van der Waals surface area contributed by atoms with Crippen LogP contribution in [0.4, 0.5) is 11.4 Å². The van der Waals surface area contributed by atoms with Gasteiger partial charge in [-0.2, -0.15) is 0 Å². The second-order valence-electron chi connectivity index (χ2n) is 7.29. The minimum atomic E-state index is -0.893. The molecule has 0 aromatic heterocycles. The first-order chi connectivity index (χ1) is 14.4. The molecule has 2 aromatic carbocycles. The molecular weight excluding hydrogens is 384 g/mol. The second-order valence-corrected chi connectivity index (χ2v) is 7.29. The third kappa shape index (κ3) is 4.38. The Hall–Kier alpha value is -3.93. The van der Waals surface area contributed by atoms with Gasteiger partial charge in [-0.05, 0) is 29.8 Å². The van der Waals surface area contributed by atoms with E-state index in [1.54, 1.807) is 0 Å². The Morgan fingerprint density at radius 2 is 1.17 bits per heavy atom. The molecule has 0 aliphatic heterocycles. The van der Waals surface area contributed by atoms with Gasteiger partial charge in [-0.3, -0.25) is 14.4 Å². The van der Waals surface area contributed by atoms with E-state index in [2.05, 4.69) is 20.1 Å². The molecule has 1 saturated carbocycles. The number of Topliss-reactive ketones (excluding diaryl/α,β-unsaturated/α-hetero) is 3. The summed E-state index contributed by atoms with van der Waals surface area (Å²) in [6.07, 6.45) is 0.769. The Bertz CT molecular complexity index is 995. The van der Waals surface area contributed by atoms with Gasteiger partial charge in [0, 0.05) is 32.3 Å². The highest BCUT2D eigenvalue weighted by Gasteiger charge is 2.42. The van der Waals surface area contributed by atoms with E-state index < -0.39 is 11.8 Å². The molecular formula is C21H18N6O3. The standard InChI is InChI=1S/C21H18N6O3/c1-12-10-17(19(28)13-2-6-15(7-3-13)24-26-22)21(30)18(11-12)20(29)14-4-8-16(9-5-14)25-27-23/h2-9,12,17-18H,10-11H2,1H3. The molecule has 3 rings (SSSR count). The van der Waals surface area contributed by atoms with E-state index in [1.807, 2.05) is 6.92 Å². The van der Waals surface area contributed by atoms with Crippen molar-refractivity contribution >= 4 is 28.7 Å². The van der Waals surface area contributed by atoms with Gasteiger partial charge < -0.3 is 0 Å². The van der Waals surface area contributed by atoms with Crippen molar-refractivity contribution in [1.82, 2.24) is 0 Å². The van der Waals surface area contributed by atoms with E-state index in [1.165, 1.54) is 48.5 Å². The minimum absolute atomic E-state index is 0.0236. The quantitative estimate of drug-likeness (QED) is 0.195. The maximum absolute atomic E-state index is 13.1. The molecule has 9 nitrogen and oxygen atoms in total. The number of benzene rings is 2. The Labute approximate surface area is 172 Å². The first-order valence-electron chi connectivity index (χ1n) is 9.37. The fourth-order valence-corrected chi connectivity index (χ4v) is 3.74. The van der Waals surface area contributed by atoms with Crippen LogP contribution >= 0.6 is 0 Å². The number of rotatable bonds is 6. The number of hydrogen-bond acceptors (Lipinski definition) is 5. The molecule has 0 saturated heterocycles. The van der Waals surface area contributed by atoms with Crippen molar-refractivity contribution in [3.8, 4) is 0 Å². The van der Waals surface area contributed by atoms with Crippen molar-refractivity contribution in [1.29, 1.82) is 0 Å². The third-order valence-corrected chi connectivity index (χ3v) is 5.22. The fourth-order valence-electron chi connectivity index (χ4n) is 3.74. The van der Waals surface area contributed by atoms with Gasteiger partial charge in [0.2, 0.25) is 0 Å². The zero-order valence-corrected chi connectivity index (χ0v) is 16.2. The first-order valence-corrected chi connectivity index (χ1v) is 9.37. The SMILES string of the molecule is CC1CC(C(=O)c2ccc(N=[N+]=[N-])cc2)C(=O)C(C(=O)c2ccc(N=[N+]=[N-])cc2)C1. The molecule has 2 unspecified atom stereocenters.